The molecular formula is C23H22N4O7S. The quantitative estimate of drug-likeness (QED) is 0.223. The highest BCUT2D eigenvalue weighted by atomic mass is 32.2. The number of nitro benzene ring substituents is 1. The van der Waals surface area contributed by atoms with Gasteiger partial charge in [-0.2, -0.15) is 0 Å². The second-order valence-corrected chi connectivity index (χ2v) is 9.20. The van der Waals surface area contributed by atoms with E-state index in [9.17, 15) is 29.6 Å². The number of esters is 1. The second-order valence-electron chi connectivity index (χ2n) is 8.09. The van der Waals surface area contributed by atoms with Crippen LogP contribution in [-0.2, 0) is 25.7 Å². The Kier molecular flexibility index (Phi) is 6.76. The summed E-state index contributed by atoms with van der Waals surface area (Å²) in [5.41, 5.74) is 7.77. The number of β-lactam (4-membered cyclic amide) rings is 1. The van der Waals surface area contributed by atoms with Crippen LogP contribution in [0.4, 0.5) is 5.69 Å². The number of nitrogens with zero attached hydrogens (tertiary/aromatic N) is 2. The van der Waals surface area contributed by atoms with Crippen molar-refractivity contribution in [3.8, 4) is 5.75 Å². The summed E-state index contributed by atoms with van der Waals surface area (Å²) in [4.78, 5) is 49.9. The fourth-order valence-electron chi connectivity index (χ4n) is 3.77. The molecule has 2 aromatic rings. The molecule has 0 aromatic heterocycles. The number of phenolic OH excluding ortho intramolecular Hbond substituents is 1. The number of nitrogens with two attached hydrogens (primary N) is 1. The van der Waals surface area contributed by atoms with Crippen molar-refractivity contribution >= 4 is 35.2 Å². The van der Waals surface area contributed by atoms with Crippen molar-refractivity contribution in [2.24, 2.45) is 5.73 Å². The van der Waals surface area contributed by atoms with Crippen LogP contribution in [0.5, 0.6) is 5.75 Å². The second kappa shape index (κ2) is 9.76. The van der Waals surface area contributed by atoms with Crippen molar-refractivity contribution in [3.05, 3.63) is 81.0 Å². The van der Waals surface area contributed by atoms with Gasteiger partial charge in [0.1, 0.15) is 35.5 Å². The van der Waals surface area contributed by atoms with E-state index in [1.165, 1.54) is 65.2 Å². The van der Waals surface area contributed by atoms with E-state index in [2.05, 4.69) is 5.32 Å². The standard InChI is InChI=1S/C23H22N4O7S/c1-12-11-35-22-18(25-20(29)17(24)14-4-8-16(28)9-5-14)21(30)26(22)19(12)23(31)34-10-13-2-6-15(7-3-13)27(32)33/h2-9,17-18,22,28H,10-11,24H2,1H3,(H,25,29)/t17?,18?,22-/m1/s1. The van der Waals surface area contributed by atoms with E-state index in [1.54, 1.807) is 6.92 Å². The van der Waals surface area contributed by atoms with Crippen LogP contribution in [0, 0.1) is 10.1 Å². The molecule has 4 N–H and O–H groups in total. The van der Waals surface area contributed by atoms with Gasteiger partial charge in [0.2, 0.25) is 5.91 Å². The Bertz CT molecular complexity index is 1210. The highest BCUT2D eigenvalue weighted by Gasteiger charge is 2.54. The van der Waals surface area contributed by atoms with Crippen molar-refractivity contribution in [1.82, 2.24) is 10.2 Å². The van der Waals surface area contributed by atoms with Crippen molar-refractivity contribution < 1.29 is 29.2 Å². The molecule has 2 amide bonds. The number of thioether (sulfide) groups is 1. The zero-order valence-corrected chi connectivity index (χ0v) is 19.4. The smallest absolute Gasteiger partial charge is 0.355 e. The number of nitrogens with one attached hydrogen (secondary N) is 1. The van der Waals surface area contributed by atoms with Gasteiger partial charge in [0, 0.05) is 17.9 Å². The van der Waals surface area contributed by atoms with Crippen LogP contribution in [0.3, 0.4) is 0 Å². The Morgan fingerprint density at radius 1 is 1.26 bits per heavy atom. The minimum Gasteiger partial charge on any atom is -0.508 e. The lowest BCUT2D eigenvalue weighted by molar-refractivity contribution is -0.384. The summed E-state index contributed by atoms with van der Waals surface area (Å²) >= 11 is 1.41. The predicted molar refractivity (Wildman–Crippen MR) is 126 cm³/mol. The van der Waals surface area contributed by atoms with Crippen LogP contribution in [0.1, 0.15) is 24.1 Å². The third-order valence-electron chi connectivity index (χ3n) is 5.70. The summed E-state index contributed by atoms with van der Waals surface area (Å²) in [6, 6.07) is 9.61. The first-order valence-corrected chi connectivity index (χ1v) is 11.6. The summed E-state index contributed by atoms with van der Waals surface area (Å²) < 4.78 is 5.36. The lowest BCUT2D eigenvalue weighted by Gasteiger charge is -2.49. The molecule has 182 valence electrons. The summed E-state index contributed by atoms with van der Waals surface area (Å²) in [5, 5.41) is 22.3. The normalized spacial score (nSPS) is 19.9. The van der Waals surface area contributed by atoms with Gasteiger partial charge in [-0.1, -0.05) is 12.1 Å². The summed E-state index contributed by atoms with van der Waals surface area (Å²) in [7, 11) is 0. The number of amides is 2. The number of hydrogen-bond acceptors (Lipinski definition) is 9. The molecule has 12 heteroatoms. The number of fused-ring (bicyclic) bond motifs is 1. The van der Waals surface area contributed by atoms with E-state index in [0.29, 0.717) is 22.5 Å². The Balaban J connectivity index is 1.39. The third-order valence-corrected chi connectivity index (χ3v) is 7.13. The van der Waals surface area contributed by atoms with Crippen LogP contribution < -0.4 is 11.1 Å². The van der Waals surface area contributed by atoms with Gasteiger partial charge in [-0.05, 0) is 47.9 Å². The van der Waals surface area contributed by atoms with Crippen LogP contribution >= 0.6 is 11.8 Å². The van der Waals surface area contributed by atoms with Crippen molar-refractivity contribution in [3.63, 3.8) is 0 Å². The molecule has 4 rings (SSSR count). The van der Waals surface area contributed by atoms with E-state index >= 15 is 0 Å². The van der Waals surface area contributed by atoms with Gasteiger partial charge in [-0.25, -0.2) is 4.79 Å². The van der Waals surface area contributed by atoms with Crippen LogP contribution in [0.15, 0.2) is 59.8 Å². The van der Waals surface area contributed by atoms with Gasteiger partial charge in [-0.15, -0.1) is 11.8 Å². The molecule has 35 heavy (non-hydrogen) atoms. The van der Waals surface area contributed by atoms with Gasteiger partial charge in [-0.3, -0.25) is 24.6 Å². The first-order valence-electron chi connectivity index (χ1n) is 10.6. The van der Waals surface area contributed by atoms with E-state index in [-0.39, 0.29) is 23.7 Å². The highest BCUT2D eigenvalue weighted by Crippen LogP contribution is 2.40. The molecule has 1 saturated heterocycles. The molecule has 3 atom stereocenters. The van der Waals surface area contributed by atoms with Crippen molar-refractivity contribution in [1.29, 1.82) is 0 Å². The molecule has 2 aliphatic heterocycles. The molecule has 1 fully saturated rings. The zero-order valence-electron chi connectivity index (χ0n) is 18.5. The van der Waals surface area contributed by atoms with Crippen molar-refractivity contribution in [2.75, 3.05) is 5.75 Å². The van der Waals surface area contributed by atoms with E-state index in [4.69, 9.17) is 10.5 Å². The largest absolute Gasteiger partial charge is 0.508 e. The number of nitro groups is 1. The van der Waals surface area contributed by atoms with Crippen LogP contribution in [0.25, 0.3) is 0 Å². The van der Waals surface area contributed by atoms with Crippen LogP contribution in [0.2, 0.25) is 0 Å². The number of hydrogen-bond donors (Lipinski definition) is 3. The molecule has 2 aromatic carbocycles. The maximum absolute atomic E-state index is 12.9. The topological polar surface area (TPSA) is 165 Å². The number of carbonyl (C=O) groups excluding carboxylic acids is 3. The molecule has 0 bridgehead atoms. The highest BCUT2D eigenvalue weighted by molar-refractivity contribution is 8.00. The monoisotopic (exact) mass is 498 g/mol. The fraction of sp³-hybridized carbons (Fsp3) is 0.261. The zero-order chi connectivity index (χ0) is 25.3. The van der Waals surface area contributed by atoms with Crippen LogP contribution in [-0.4, -0.2) is 49.9 Å². The molecule has 0 radical (unpaired) electrons. The SMILES string of the molecule is CC1=C(C(=O)OCc2ccc([N+](=O)[O-])cc2)N2C(=O)C(NC(=O)C(N)c3ccc(O)cc3)[C@H]2SC1. The van der Waals surface area contributed by atoms with Gasteiger partial charge in [0.15, 0.2) is 0 Å². The molecule has 0 aliphatic carbocycles. The Hall–Kier alpha value is -3.90. The van der Waals surface area contributed by atoms with E-state index < -0.39 is 40.2 Å². The molecule has 2 unspecified atom stereocenters. The number of aromatic hydroxyl groups is 1. The maximum atomic E-state index is 12.9. The van der Waals surface area contributed by atoms with E-state index in [0.717, 1.165) is 0 Å². The molecule has 0 saturated carbocycles. The number of rotatable bonds is 7. The lowest BCUT2D eigenvalue weighted by atomic mass is 10.0. The van der Waals surface area contributed by atoms with E-state index in [1.807, 2.05) is 0 Å². The number of non-ortho nitro benzene ring substituents is 1. The van der Waals surface area contributed by atoms with Gasteiger partial charge >= 0.3 is 5.97 Å². The number of benzene rings is 2. The fourth-order valence-corrected chi connectivity index (χ4v) is 5.06. The van der Waals surface area contributed by atoms with Gasteiger partial charge in [0.25, 0.3) is 11.6 Å². The minimum atomic E-state index is -1.03. The molecule has 2 aliphatic rings. The Labute approximate surface area is 204 Å². The Morgan fingerprint density at radius 3 is 2.54 bits per heavy atom. The summed E-state index contributed by atoms with van der Waals surface area (Å²) in [5.74, 6) is -1.18. The molecular weight excluding hydrogens is 476 g/mol. The van der Waals surface area contributed by atoms with Gasteiger partial charge < -0.3 is 20.9 Å². The summed E-state index contributed by atoms with van der Waals surface area (Å²) in [6.07, 6.45) is 0. The molecule has 2 heterocycles. The Morgan fingerprint density at radius 2 is 1.91 bits per heavy atom. The average Bonchev–Trinajstić information content (AvgIpc) is 2.85. The number of ether oxygens (including phenoxy) is 1. The maximum Gasteiger partial charge on any atom is 0.355 e. The first kappa shape index (κ1) is 24.2. The third kappa shape index (κ3) is 4.84. The van der Waals surface area contributed by atoms with Gasteiger partial charge in [0.05, 0.1) is 4.92 Å². The first-order chi connectivity index (χ1) is 16.7. The lowest BCUT2D eigenvalue weighted by Crippen LogP contribution is -2.71. The predicted octanol–water partition coefficient (Wildman–Crippen LogP) is 1.72. The average molecular weight is 499 g/mol. The summed E-state index contributed by atoms with van der Waals surface area (Å²) in [6.45, 7) is 1.61. The molecule has 0 spiro atoms. The number of carbonyl (C=O) groups is 3. The van der Waals surface area contributed by atoms with Crippen molar-refractivity contribution in [2.45, 2.75) is 31.0 Å². The molecule has 11 nitrogen and oxygen atoms in total. The minimum absolute atomic E-state index is 0.0416. The number of phenols is 1.